The molecule has 0 radical (unpaired) electrons. The minimum atomic E-state index is -0.0468. The van der Waals surface area contributed by atoms with Gasteiger partial charge < -0.3 is 14.4 Å². The molecule has 2 aromatic rings. The van der Waals surface area contributed by atoms with Gasteiger partial charge in [-0.25, -0.2) is 4.98 Å². The molecule has 0 spiro atoms. The van der Waals surface area contributed by atoms with E-state index in [2.05, 4.69) is 0 Å². The highest BCUT2D eigenvalue weighted by atomic mass is 16.2. The number of hydrogen-bond donors (Lipinski definition) is 0. The number of rotatable bonds is 5. The number of carbonyl (C=O) groups is 2. The van der Waals surface area contributed by atoms with Crippen LogP contribution in [0.25, 0.3) is 11.0 Å². The van der Waals surface area contributed by atoms with Crippen molar-refractivity contribution in [3.05, 3.63) is 30.1 Å². The van der Waals surface area contributed by atoms with Crippen LogP contribution in [0, 0.1) is 0 Å². The number of aromatic nitrogens is 2. The lowest BCUT2D eigenvalue weighted by Crippen LogP contribution is -2.35. The Morgan fingerprint density at radius 2 is 1.96 bits per heavy atom. The van der Waals surface area contributed by atoms with Gasteiger partial charge >= 0.3 is 0 Å². The van der Waals surface area contributed by atoms with Gasteiger partial charge in [-0.15, -0.1) is 0 Å². The number of para-hydroxylation sites is 2. The van der Waals surface area contributed by atoms with E-state index in [9.17, 15) is 9.59 Å². The maximum atomic E-state index is 12.7. The largest absolute Gasteiger partial charge is 0.342 e. The molecule has 1 aliphatic rings. The van der Waals surface area contributed by atoms with E-state index in [0.717, 1.165) is 36.2 Å². The molecule has 1 fully saturated rings. The van der Waals surface area contributed by atoms with E-state index in [4.69, 9.17) is 4.98 Å². The van der Waals surface area contributed by atoms with Gasteiger partial charge in [0.1, 0.15) is 12.4 Å². The number of likely N-dealkylation sites (tertiary alicyclic amines) is 1. The van der Waals surface area contributed by atoms with Crippen molar-refractivity contribution in [2.24, 2.45) is 0 Å². The SMILES string of the molecule is CCN(CC)C(=O)Cn1c(C2CCCN2C(C)=O)nc2ccccc21. The van der Waals surface area contributed by atoms with Crippen LogP contribution in [-0.2, 0) is 16.1 Å². The Hall–Kier alpha value is -2.37. The lowest BCUT2D eigenvalue weighted by atomic mass is 10.2. The molecule has 1 aromatic heterocycles. The van der Waals surface area contributed by atoms with Gasteiger partial charge in [-0.3, -0.25) is 9.59 Å². The standard InChI is InChI=1S/C19H26N4O2/c1-4-21(5-2)18(25)13-23-16-10-7-6-9-15(16)20-19(23)17-11-8-12-22(17)14(3)24/h6-7,9-10,17H,4-5,8,11-13H2,1-3H3. The molecule has 0 bridgehead atoms. The summed E-state index contributed by atoms with van der Waals surface area (Å²) in [4.78, 5) is 33.2. The summed E-state index contributed by atoms with van der Waals surface area (Å²) in [7, 11) is 0. The highest BCUT2D eigenvalue weighted by molar-refractivity contribution is 5.81. The number of carbonyl (C=O) groups excluding carboxylic acids is 2. The molecule has 3 rings (SSSR count). The van der Waals surface area contributed by atoms with Crippen molar-refractivity contribution >= 4 is 22.8 Å². The molecule has 1 unspecified atom stereocenters. The second-order valence-electron chi connectivity index (χ2n) is 6.48. The topological polar surface area (TPSA) is 58.4 Å². The van der Waals surface area contributed by atoms with Crippen molar-refractivity contribution in [2.45, 2.75) is 46.2 Å². The minimum Gasteiger partial charge on any atom is -0.342 e. The molecular weight excluding hydrogens is 316 g/mol. The molecular formula is C19H26N4O2. The van der Waals surface area contributed by atoms with E-state index < -0.39 is 0 Å². The van der Waals surface area contributed by atoms with Crippen molar-refractivity contribution in [3.8, 4) is 0 Å². The molecule has 1 aliphatic heterocycles. The van der Waals surface area contributed by atoms with Gasteiger partial charge in [0, 0.05) is 26.6 Å². The number of amides is 2. The zero-order chi connectivity index (χ0) is 18.0. The van der Waals surface area contributed by atoms with E-state index in [-0.39, 0.29) is 24.4 Å². The monoisotopic (exact) mass is 342 g/mol. The van der Waals surface area contributed by atoms with Gasteiger partial charge in [0.2, 0.25) is 11.8 Å². The van der Waals surface area contributed by atoms with Gasteiger partial charge in [0.15, 0.2) is 0 Å². The summed E-state index contributed by atoms with van der Waals surface area (Å²) >= 11 is 0. The number of fused-ring (bicyclic) bond motifs is 1. The van der Waals surface area contributed by atoms with E-state index >= 15 is 0 Å². The molecule has 1 saturated heterocycles. The third-order valence-corrected chi connectivity index (χ3v) is 5.05. The Bertz CT molecular complexity index is 779. The van der Waals surface area contributed by atoms with Crippen LogP contribution >= 0.6 is 0 Å². The molecule has 2 heterocycles. The van der Waals surface area contributed by atoms with Crippen LogP contribution in [0.4, 0.5) is 0 Å². The predicted octanol–water partition coefficient (Wildman–Crippen LogP) is 2.59. The Morgan fingerprint density at radius 1 is 1.24 bits per heavy atom. The van der Waals surface area contributed by atoms with Crippen molar-refractivity contribution < 1.29 is 9.59 Å². The fourth-order valence-electron chi connectivity index (χ4n) is 3.74. The molecule has 2 amide bonds. The van der Waals surface area contributed by atoms with Crippen molar-refractivity contribution in [1.29, 1.82) is 0 Å². The van der Waals surface area contributed by atoms with Crippen LogP contribution in [0.15, 0.2) is 24.3 Å². The van der Waals surface area contributed by atoms with Crippen LogP contribution in [0.3, 0.4) is 0 Å². The van der Waals surface area contributed by atoms with Crippen LogP contribution in [-0.4, -0.2) is 50.8 Å². The first-order valence-electron chi connectivity index (χ1n) is 9.07. The summed E-state index contributed by atoms with van der Waals surface area (Å²) in [5.74, 6) is 0.979. The van der Waals surface area contributed by atoms with E-state index in [1.807, 2.05) is 52.5 Å². The van der Waals surface area contributed by atoms with E-state index in [1.165, 1.54) is 0 Å². The second-order valence-corrected chi connectivity index (χ2v) is 6.48. The molecule has 134 valence electrons. The van der Waals surface area contributed by atoms with Crippen LogP contribution in [0.2, 0.25) is 0 Å². The molecule has 1 aromatic carbocycles. The summed E-state index contributed by atoms with van der Waals surface area (Å²) in [5, 5.41) is 0. The minimum absolute atomic E-state index is 0.0468. The van der Waals surface area contributed by atoms with Crippen molar-refractivity contribution in [1.82, 2.24) is 19.4 Å². The van der Waals surface area contributed by atoms with Gasteiger partial charge in [0.25, 0.3) is 0 Å². The summed E-state index contributed by atoms with van der Waals surface area (Å²) in [5.41, 5.74) is 1.83. The van der Waals surface area contributed by atoms with Gasteiger partial charge in [-0.1, -0.05) is 12.1 Å². The Morgan fingerprint density at radius 3 is 2.64 bits per heavy atom. The highest BCUT2D eigenvalue weighted by Gasteiger charge is 2.32. The fraction of sp³-hybridized carbons (Fsp3) is 0.526. The van der Waals surface area contributed by atoms with Crippen molar-refractivity contribution in [2.75, 3.05) is 19.6 Å². The first-order chi connectivity index (χ1) is 12.1. The number of benzene rings is 1. The molecule has 25 heavy (non-hydrogen) atoms. The molecule has 0 aliphatic carbocycles. The Balaban J connectivity index is 2.03. The summed E-state index contributed by atoms with van der Waals surface area (Å²) in [6, 6.07) is 7.82. The summed E-state index contributed by atoms with van der Waals surface area (Å²) < 4.78 is 2.00. The lowest BCUT2D eigenvalue weighted by molar-refractivity contribution is -0.131. The van der Waals surface area contributed by atoms with Crippen LogP contribution in [0.1, 0.15) is 45.5 Å². The first-order valence-corrected chi connectivity index (χ1v) is 9.07. The van der Waals surface area contributed by atoms with E-state index in [0.29, 0.717) is 13.1 Å². The summed E-state index contributed by atoms with van der Waals surface area (Å²) in [6.07, 6.45) is 1.86. The number of likely N-dealkylation sites (N-methyl/N-ethyl adjacent to an activating group) is 1. The second kappa shape index (κ2) is 7.25. The molecule has 6 heteroatoms. The van der Waals surface area contributed by atoms with Gasteiger partial charge in [-0.2, -0.15) is 0 Å². The zero-order valence-electron chi connectivity index (χ0n) is 15.2. The molecule has 0 N–H and O–H groups in total. The van der Waals surface area contributed by atoms with Gasteiger partial charge in [0.05, 0.1) is 17.1 Å². The highest BCUT2D eigenvalue weighted by Crippen LogP contribution is 2.33. The third kappa shape index (κ3) is 3.25. The maximum absolute atomic E-state index is 12.7. The smallest absolute Gasteiger partial charge is 0.242 e. The molecule has 1 atom stereocenters. The van der Waals surface area contributed by atoms with Crippen LogP contribution in [0.5, 0.6) is 0 Å². The fourth-order valence-corrected chi connectivity index (χ4v) is 3.74. The average Bonchev–Trinajstić information content (AvgIpc) is 3.21. The Labute approximate surface area is 148 Å². The molecule has 0 saturated carbocycles. The van der Waals surface area contributed by atoms with E-state index in [1.54, 1.807) is 6.92 Å². The quantitative estimate of drug-likeness (QED) is 0.839. The van der Waals surface area contributed by atoms with Gasteiger partial charge in [-0.05, 0) is 38.8 Å². The Kier molecular flexibility index (Phi) is 5.06. The summed E-state index contributed by atoms with van der Waals surface area (Å²) in [6.45, 7) is 7.99. The lowest BCUT2D eigenvalue weighted by Gasteiger charge is -2.25. The maximum Gasteiger partial charge on any atom is 0.242 e. The number of imidazole rings is 1. The van der Waals surface area contributed by atoms with Crippen molar-refractivity contribution in [3.63, 3.8) is 0 Å². The first kappa shape index (κ1) is 17.5. The number of hydrogen-bond acceptors (Lipinski definition) is 3. The number of nitrogens with zero attached hydrogens (tertiary/aromatic N) is 4. The third-order valence-electron chi connectivity index (χ3n) is 5.05. The predicted molar refractivity (Wildman–Crippen MR) is 97.0 cm³/mol. The van der Waals surface area contributed by atoms with Crippen LogP contribution < -0.4 is 0 Å². The normalized spacial score (nSPS) is 17.2. The zero-order valence-corrected chi connectivity index (χ0v) is 15.2. The molecule has 6 nitrogen and oxygen atoms in total. The average molecular weight is 342 g/mol.